The summed E-state index contributed by atoms with van der Waals surface area (Å²) in [7, 11) is -1.79. The zero-order valence-corrected chi connectivity index (χ0v) is 19.7. The molecule has 0 bridgehead atoms. The van der Waals surface area contributed by atoms with Crippen molar-refractivity contribution in [1.82, 2.24) is 10.3 Å². The van der Waals surface area contributed by atoms with Crippen LogP contribution in [-0.2, 0) is 4.43 Å². The Labute approximate surface area is 175 Å². The number of nitrogens with one attached hydrogen (secondary N) is 1. The molecule has 1 spiro atoms. The monoisotopic (exact) mass is 428 g/mol. The summed E-state index contributed by atoms with van der Waals surface area (Å²) in [4.78, 5) is 4.12. The Kier molecular flexibility index (Phi) is 6.95. The highest BCUT2D eigenvalue weighted by Gasteiger charge is 2.53. The smallest absolute Gasteiger partial charge is 0.192 e. The molecule has 1 aromatic heterocycles. The van der Waals surface area contributed by atoms with Crippen LogP contribution < -0.4 is 5.32 Å². The predicted octanol–water partition coefficient (Wildman–Crippen LogP) is 6.62. The molecule has 3 rings (SSSR count). The van der Waals surface area contributed by atoms with Crippen LogP contribution in [0.15, 0.2) is 12.4 Å². The van der Waals surface area contributed by atoms with Gasteiger partial charge in [0.15, 0.2) is 8.32 Å². The molecule has 6 heteroatoms. The van der Waals surface area contributed by atoms with Crippen molar-refractivity contribution in [3.05, 3.63) is 28.0 Å². The second-order valence-corrected chi connectivity index (χ2v) is 14.3. The minimum Gasteiger partial charge on any atom is -0.409 e. The van der Waals surface area contributed by atoms with E-state index < -0.39 is 8.32 Å². The average molecular weight is 430 g/mol. The lowest BCUT2D eigenvalue weighted by atomic mass is 9.69. The third kappa shape index (κ3) is 4.72. The minimum absolute atomic E-state index is 0.114. The normalized spacial score (nSPS) is 21.1. The quantitative estimate of drug-likeness (QED) is 0.425. The number of hydrogen-bond acceptors (Lipinski definition) is 3. The SMILES string of the molecule is CC[Si](CC)(CC)OC(CNC(C)C1CC2(CC2)C1)c1c(Cl)cncc1Cl. The van der Waals surface area contributed by atoms with E-state index in [9.17, 15) is 0 Å². The van der Waals surface area contributed by atoms with Crippen molar-refractivity contribution in [2.75, 3.05) is 6.54 Å². The van der Waals surface area contributed by atoms with Gasteiger partial charge in [-0.25, -0.2) is 0 Å². The van der Waals surface area contributed by atoms with E-state index in [2.05, 4.69) is 38.0 Å². The number of pyridine rings is 1. The Hall–Kier alpha value is -0.133. The van der Waals surface area contributed by atoms with E-state index in [1.165, 1.54) is 25.7 Å². The van der Waals surface area contributed by atoms with Crippen molar-refractivity contribution in [2.24, 2.45) is 11.3 Å². The first-order chi connectivity index (χ1) is 12.9. The molecule has 27 heavy (non-hydrogen) atoms. The molecule has 0 saturated heterocycles. The average Bonchev–Trinajstić information content (AvgIpc) is 3.43. The van der Waals surface area contributed by atoms with E-state index in [1.807, 2.05) is 0 Å². The summed E-state index contributed by atoms with van der Waals surface area (Å²) in [6.45, 7) is 9.84. The molecule has 2 aliphatic rings. The van der Waals surface area contributed by atoms with E-state index in [-0.39, 0.29) is 6.10 Å². The van der Waals surface area contributed by atoms with Gasteiger partial charge in [0.25, 0.3) is 0 Å². The molecule has 2 atom stereocenters. The molecule has 2 aliphatic carbocycles. The van der Waals surface area contributed by atoms with Crippen LogP contribution in [0.5, 0.6) is 0 Å². The Bertz CT molecular complexity index is 613. The van der Waals surface area contributed by atoms with Crippen LogP contribution in [0.2, 0.25) is 28.2 Å². The molecule has 2 saturated carbocycles. The van der Waals surface area contributed by atoms with Crippen LogP contribution in [0.4, 0.5) is 0 Å². The van der Waals surface area contributed by atoms with Gasteiger partial charge in [-0.15, -0.1) is 0 Å². The molecule has 2 fully saturated rings. The number of nitrogens with zero attached hydrogens (tertiary/aromatic N) is 1. The summed E-state index contributed by atoms with van der Waals surface area (Å²) in [5.41, 5.74) is 1.63. The fraction of sp³-hybridized carbons (Fsp3) is 0.762. The van der Waals surface area contributed by atoms with Crippen LogP contribution in [0.25, 0.3) is 0 Å². The van der Waals surface area contributed by atoms with E-state index in [0.29, 0.717) is 16.1 Å². The second-order valence-electron chi connectivity index (χ2n) is 8.73. The molecular formula is C21H34Cl2N2OSi. The van der Waals surface area contributed by atoms with Crippen LogP contribution in [0.3, 0.4) is 0 Å². The van der Waals surface area contributed by atoms with Crippen LogP contribution in [0.1, 0.15) is 65.0 Å². The number of halogens is 2. The highest BCUT2D eigenvalue weighted by atomic mass is 35.5. The lowest BCUT2D eigenvalue weighted by Gasteiger charge is -2.41. The summed E-state index contributed by atoms with van der Waals surface area (Å²) in [5.74, 6) is 0.794. The van der Waals surface area contributed by atoms with E-state index >= 15 is 0 Å². The van der Waals surface area contributed by atoms with Crippen molar-refractivity contribution >= 4 is 31.5 Å². The molecule has 2 unspecified atom stereocenters. The van der Waals surface area contributed by atoms with Gasteiger partial charge in [-0.3, -0.25) is 4.98 Å². The first-order valence-corrected chi connectivity index (χ1v) is 13.9. The van der Waals surface area contributed by atoms with Gasteiger partial charge in [-0.1, -0.05) is 44.0 Å². The lowest BCUT2D eigenvalue weighted by molar-refractivity contribution is 0.115. The van der Waals surface area contributed by atoms with Crippen molar-refractivity contribution < 1.29 is 4.43 Å². The van der Waals surface area contributed by atoms with Crippen molar-refractivity contribution in [1.29, 1.82) is 0 Å². The van der Waals surface area contributed by atoms with Crippen molar-refractivity contribution in [3.8, 4) is 0 Å². The van der Waals surface area contributed by atoms with Crippen molar-refractivity contribution in [3.63, 3.8) is 0 Å². The van der Waals surface area contributed by atoms with Gasteiger partial charge in [-0.2, -0.15) is 0 Å². The summed E-state index contributed by atoms with van der Waals surface area (Å²) >= 11 is 13.0. The number of aromatic nitrogens is 1. The van der Waals surface area contributed by atoms with Gasteiger partial charge in [-0.05, 0) is 62.1 Å². The lowest BCUT2D eigenvalue weighted by Crippen LogP contribution is -2.45. The molecular weight excluding hydrogens is 395 g/mol. The van der Waals surface area contributed by atoms with Gasteiger partial charge in [0.1, 0.15) is 0 Å². The Morgan fingerprint density at radius 1 is 1.15 bits per heavy atom. The summed E-state index contributed by atoms with van der Waals surface area (Å²) in [6, 6.07) is 3.83. The number of rotatable bonds is 10. The van der Waals surface area contributed by atoms with Crippen molar-refractivity contribution in [2.45, 2.75) is 83.7 Å². The minimum atomic E-state index is -1.79. The first-order valence-electron chi connectivity index (χ1n) is 10.6. The van der Waals surface area contributed by atoms with Gasteiger partial charge in [0, 0.05) is 30.5 Å². The molecule has 1 heterocycles. The third-order valence-electron chi connectivity index (χ3n) is 7.22. The van der Waals surface area contributed by atoms with Crippen LogP contribution in [0, 0.1) is 11.3 Å². The zero-order valence-electron chi connectivity index (χ0n) is 17.2. The Morgan fingerprint density at radius 2 is 1.70 bits per heavy atom. The van der Waals surface area contributed by atoms with Gasteiger partial charge in [0.05, 0.1) is 16.1 Å². The molecule has 0 aromatic carbocycles. The zero-order chi connectivity index (χ0) is 19.7. The molecule has 1 N–H and O–H groups in total. The second kappa shape index (κ2) is 8.70. The van der Waals surface area contributed by atoms with Gasteiger partial charge < -0.3 is 9.74 Å². The molecule has 0 radical (unpaired) electrons. The molecule has 152 valence electrons. The fourth-order valence-electron chi connectivity index (χ4n) is 4.68. The third-order valence-corrected chi connectivity index (χ3v) is 12.5. The van der Waals surface area contributed by atoms with Gasteiger partial charge in [0.2, 0.25) is 0 Å². The molecule has 0 aliphatic heterocycles. The van der Waals surface area contributed by atoms with Crippen LogP contribution in [-0.4, -0.2) is 25.9 Å². The molecule has 3 nitrogen and oxygen atoms in total. The number of hydrogen-bond donors (Lipinski definition) is 1. The van der Waals surface area contributed by atoms with Gasteiger partial charge >= 0.3 is 0 Å². The maximum Gasteiger partial charge on any atom is 0.192 e. The maximum atomic E-state index is 6.85. The Morgan fingerprint density at radius 3 is 2.19 bits per heavy atom. The maximum absolute atomic E-state index is 6.85. The fourth-order valence-corrected chi connectivity index (χ4v) is 8.10. The highest BCUT2D eigenvalue weighted by Crippen LogP contribution is 2.63. The van der Waals surface area contributed by atoms with E-state index in [0.717, 1.165) is 41.6 Å². The standard InChI is InChI=1S/C21H34Cl2N2OSi/c1-5-27(6-2,7-3)26-19(20-17(22)12-24-13-18(20)23)14-25-15(4)16-10-21(11-16)8-9-21/h12-13,15-16,19,25H,5-11,14H2,1-4H3. The van der Waals surface area contributed by atoms with E-state index in [4.69, 9.17) is 27.6 Å². The topological polar surface area (TPSA) is 34.1 Å². The first kappa shape index (κ1) is 21.6. The summed E-state index contributed by atoms with van der Waals surface area (Å²) in [6.07, 6.45) is 8.92. The summed E-state index contributed by atoms with van der Waals surface area (Å²) in [5, 5.41) is 4.97. The van der Waals surface area contributed by atoms with Crippen LogP contribution >= 0.6 is 23.2 Å². The largest absolute Gasteiger partial charge is 0.409 e. The molecule has 0 amide bonds. The predicted molar refractivity (Wildman–Crippen MR) is 117 cm³/mol. The highest BCUT2D eigenvalue weighted by molar-refractivity contribution is 6.73. The summed E-state index contributed by atoms with van der Waals surface area (Å²) < 4.78 is 6.85. The van der Waals surface area contributed by atoms with E-state index in [1.54, 1.807) is 12.4 Å². The Balaban J connectivity index is 1.72. The molecule has 1 aromatic rings.